The highest BCUT2D eigenvalue weighted by molar-refractivity contribution is 6.05. The number of allylic oxidation sites excluding steroid dienone is 4. The molecule has 0 fully saturated rings. The zero-order valence-corrected chi connectivity index (χ0v) is 31.5. The third kappa shape index (κ3) is 6.19. The normalized spacial score (nSPS) is 17.4. The molecule has 276 valence electrons. The summed E-state index contributed by atoms with van der Waals surface area (Å²) in [5.74, 6) is 1.98. The number of benzene rings is 5. The first-order valence-corrected chi connectivity index (χ1v) is 19.7. The van der Waals surface area contributed by atoms with Crippen LogP contribution in [0.4, 0.5) is 11.4 Å². The minimum absolute atomic E-state index is 0.0456. The third-order valence-electron chi connectivity index (χ3n) is 11.2. The van der Waals surface area contributed by atoms with E-state index in [4.69, 9.17) is 19.9 Å². The second kappa shape index (κ2) is 14.1. The lowest BCUT2D eigenvalue weighted by Crippen LogP contribution is -2.31. The summed E-state index contributed by atoms with van der Waals surface area (Å²) in [6.07, 6.45) is 21.7. The Labute approximate surface area is 336 Å². The summed E-state index contributed by atoms with van der Waals surface area (Å²) in [6.45, 7) is 0.817. The highest BCUT2D eigenvalue weighted by Gasteiger charge is 2.24. The van der Waals surface area contributed by atoms with Crippen LogP contribution in [-0.4, -0.2) is 32.5 Å². The van der Waals surface area contributed by atoms with Crippen molar-refractivity contribution in [2.45, 2.75) is 12.1 Å². The van der Waals surface area contributed by atoms with Crippen molar-refractivity contribution in [1.82, 2.24) is 25.3 Å². The number of hydrogen-bond donors (Lipinski definition) is 3. The van der Waals surface area contributed by atoms with Crippen molar-refractivity contribution in [3.05, 3.63) is 204 Å². The van der Waals surface area contributed by atoms with Crippen LogP contribution >= 0.6 is 0 Å². The molecule has 58 heavy (non-hydrogen) atoms. The molecule has 0 spiro atoms. The molecule has 3 N–H and O–H groups in total. The molecule has 0 saturated carbocycles. The first kappa shape index (κ1) is 33.7. The van der Waals surface area contributed by atoms with E-state index in [1.54, 1.807) is 0 Å². The quantitative estimate of drug-likeness (QED) is 0.156. The second-order valence-electron chi connectivity index (χ2n) is 14.8. The fourth-order valence-electron chi connectivity index (χ4n) is 8.21. The van der Waals surface area contributed by atoms with Crippen LogP contribution in [0.1, 0.15) is 34.1 Å². The number of fused-ring (bicyclic) bond motifs is 5. The topological polar surface area (TPSA) is 87.7 Å². The summed E-state index contributed by atoms with van der Waals surface area (Å²) in [6, 6.07) is 41.9. The molecule has 2 aromatic heterocycles. The summed E-state index contributed by atoms with van der Waals surface area (Å²) in [4.78, 5) is 19.6. The molecule has 0 amide bonds. The Morgan fingerprint density at radius 2 is 1.33 bits per heavy atom. The van der Waals surface area contributed by atoms with Crippen LogP contribution in [0.15, 0.2) is 176 Å². The van der Waals surface area contributed by atoms with Crippen molar-refractivity contribution in [2.75, 3.05) is 17.2 Å². The van der Waals surface area contributed by atoms with Gasteiger partial charge < -0.3 is 16.0 Å². The van der Waals surface area contributed by atoms with Crippen molar-refractivity contribution in [1.29, 1.82) is 0 Å². The summed E-state index contributed by atoms with van der Waals surface area (Å²) >= 11 is 0. The number of dihydropyridines is 1. The van der Waals surface area contributed by atoms with Crippen LogP contribution in [0, 0.1) is 0 Å². The Bertz CT molecular complexity index is 2880. The minimum atomic E-state index is -0.229. The van der Waals surface area contributed by atoms with Crippen molar-refractivity contribution < 1.29 is 0 Å². The van der Waals surface area contributed by atoms with E-state index in [1.165, 1.54) is 33.4 Å². The van der Waals surface area contributed by atoms with Gasteiger partial charge in [0.25, 0.3) is 0 Å². The van der Waals surface area contributed by atoms with Gasteiger partial charge in [-0.3, -0.25) is 4.98 Å². The van der Waals surface area contributed by atoms with Gasteiger partial charge in [0, 0.05) is 46.2 Å². The summed E-state index contributed by atoms with van der Waals surface area (Å²) in [5.41, 5.74) is 15.5. The van der Waals surface area contributed by atoms with Gasteiger partial charge in [0.05, 0.1) is 17.2 Å². The van der Waals surface area contributed by atoms with Crippen LogP contribution in [-0.2, 0) is 0 Å². The van der Waals surface area contributed by atoms with Crippen LogP contribution in [0.5, 0.6) is 0 Å². The van der Waals surface area contributed by atoms with E-state index >= 15 is 0 Å². The summed E-state index contributed by atoms with van der Waals surface area (Å²) in [5, 5.41) is 12.2. The average molecular weight is 748 g/mol. The smallest absolute Gasteiger partial charge is 0.163 e. The van der Waals surface area contributed by atoms with Gasteiger partial charge in [0.1, 0.15) is 6.04 Å². The third-order valence-corrected chi connectivity index (χ3v) is 11.2. The van der Waals surface area contributed by atoms with Gasteiger partial charge in [-0.05, 0) is 63.2 Å². The van der Waals surface area contributed by atoms with Gasteiger partial charge >= 0.3 is 0 Å². The number of pyridine rings is 1. The number of hydrogen-bond acceptors (Lipinski definition) is 7. The Morgan fingerprint density at radius 3 is 2.12 bits per heavy atom. The molecule has 2 atom stereocenters. The number of nitrogens with one attached hydrogen (secondary N) is 3. The maximum Gasteiger partial charge on any atom is 0.163 e. The molecule has 7 heteroatoms. The van der Waals surface area contributed by atoms with E-state index in [9.17, 15) is 0 Å². The first-order chi connectivity index (χ1) is 28.7. The largest absolute Gasteiger partial charge is 0.379 e. The van der Waals surface area contributed by atoms with E-state index in [-0.39, 0.29) is 12.1 Å². The highest BCUT2D eigenvalue weighted by atomic mass is 15.1. The van der Waals surface area contributed by atoms with E-state index < -0.39 is 0 Å². The maximum atomic E-state index is 4.98. The Hall–Kier alpha value is -7.64. The lowest BCUT2D eigenvalue weighted by Gasteiger charge is -2.28. The molecule has 0 bridgehead atoms. The lowest BCUT2D eigenvalue weighted by atomic mass is 9.89. The second-order valence-corrected chi connectivity index (χ2v) is 14.8. The molecule has 3 aliphatic heterocycles. The zero-order chi connectivity index (χ0) is 38.4. The molecule has 0 radical (unpaired) electrons. The van der Waals surface area contributed by atoms with Gasteiger partial charge in [-0.1, -0.05) is 152 Å². The van der Waals surface area contributed by atoms with E-state index in [2.05, 4.69) is 125 Å². The predicted octanol–water partition coefficient (Wildman–Crippen LogP) is 10.9. The van der Waals surface area contributed by atoms with E-state index in [0.717, 1.165) is 56.8 Å². The number of nitrogens with zero attached hydrogens (tertiary/aromatic N) is 4. The van der Waals surface area contributed by atoms with Gasteiger partial charge in [0.2, 0.25) is 0 Å². The first-order valence-electron chi connectivity index (χ1n) is 19.7. The molecule has 4 aliphatic rings. The fraction of sp³-hybridized carbons (Fsp3) is 0.0588. The summed E-state index contributed by atoms with van der Waals surface area (Å²) < 4.78 is 0. The summed E-state index contributed by atoms with van der Waals surface area (Å²) in [7, 11) is 0. The molecular formula is C51H37N7. The minimum Gasteiger partial charge on any atom is -0.379 e. The van der Waals surface area contributed by atoms with Crippen LogP contribution in [0.25, 0.3) is 68.2 Å². The zero-order valence-electron chi connectivity index (χ0n) is 31.5. The predicted molar refractivity (Wildman–Crippen MR) is 237 cm³/mol. The molecule has 2 unspecified atom stereocenters. The molecule has 5 aromatic carbocycles. The van der Waals surface area contributed by atoms with Gasteiger partial charge in [-0.2, -0.15) is 0 Å². The number of rotatable bonds is 6. The van der Waals surface area contributed by atoms with Crippen molar-refractivity contribution >= 4 is 45.7 Å². The molecule has 0 saturated heterocycles. The van der Waals surface area contributed by atoms with Gasteiger partial charge in [0.15, 0.2) is 17.5 Å². The lowest BCUT2D eigenvalue weighted by molar-refractivity contribution is 0.814. The molecule has 1 aliphatic carbocycles. The molecule has 7 aromatic rings. The van der Waals surface area contributed by atoms with Crippen molar-refractivity contribution in [3.63, 3.8) is 0 Å². The van der Waals surface area contributed by atoms with Gasteiger partial charge in [-0.15, -0.1) is 0 Å². The fourth-order valence-corrected chi connectivity index (χ4v) is 8.21. The van der Waals surface area contributed by atoms with E-state index in [1.807, 2.05) is 72.9 Å². The Balaban J connectivity index is 0.846. The molecule has 5 heterocycles. The standard InChI is InChI=1S/C51H37N7/c1-3-9-36(10-4-1)49-56-50(37-11-5-2-6-12-37)58-51(57-49)44-26-24-35-20-22-39(31-46(35)55-44)43-25-23-34-19-21-38(30-45(34)54-43)32-15-17-33(18-16-32)42-29-40-13-7-27-52-47(40)48-41(42)14-8-28-53-48/h1-26,28-31,44-45,52,54-55H,27H2. The number of aromatic nitrogens is 4. The van der Waals surface area contributed by atoms with Crippen molar-refractivity contribution in [3.8, 4) is 33.9 Å². The van der Waals surface area contributed by atoms with Crippen LogP contribution in [0.3, 0.4) is 0 Å². The Kier molecular flexibility index (Phi) is 8.21. The van der Waals surface area contributed by atoms with E-state index in [0.29, 0.717) is 17.5 Å². The monoisotopic (exact) mass is 747 g/mol. The van der Waals surface area contributed by atoms with Crippen LogP contribution in [0.2, 0.25) is 0 Å². The molecule has 7 nitrogen and oxygen atoms in total. The Morgan fingerprint density at radius 1 is 0.569 bits per heavy atom. The molecular weight excluding hydrogens is 711 g/mol. The molecule has 11 rings (SSSR count). The average Bonchev–Trinajstić information content (AvgIpc) is 3.31. The van der Waals surface area contributed by atoms with Crippen LogP contribution < -0.4 is 16.0 Å². The maximum absolute atomic E-state index is 4.98. The SMILES string of the molecule is C1=Cc2cc(-c3ccc(C4=CC5NC(c6ccc7c(c6)NC(c6nc(-c8ccccc8)nc(-c8ccccc8)n6)C=C7)=CC=C5C=C4)cc3)c3cccnc3c2NC1. The van der Waals surface area contributed by atoms with Gasteiger partial charge in [-0.25, -0.2) is 15.0 Å². The highest BCUT2D eigenvalue weighted by Crippen LogP contribution is 2.39. The number of anilines is 2. The van der Waals surface area contributed by atoms with Crippen molar-refractivity contribution in [2.24, 2.45) is 0 Å².